The van der Waals surface area contributed by atoms with Crippen molar-refractivity contribution in [3.63, 3.8) is 0 Å². The second kappa shape index (κ2) is 12.9. The van der Waals surface area contributed by atoms with Crippen molar-refractivity contribution < 1.29 is 15.3 Å². The summed E-state index contributed by atoms with van der Waals surface area (Å²) in [5, 5.41) is 27.3. The van der Waals surface area contributed by atoms with Crippen LogP contribution in [0.5, 0.6) is 0 Å². The third kappa shape index (κ3) is 12.6. The van der Waals surface area contributed by atoms with Crippen LogP contribution in [0.15, 0.2) is 0 Å². The molecule has 0 fully saturated rings. The van der Waals surface area contributed by atoms with E-state index >= 15 is 0 Å². The summed E-state index contributed by atoms with van der Waals surface area (Å²) in [6.45, 7) is 4.21. The molecule has 0 aliphatic heterocycles. The molecule has 0 bridgehead atoms. The van der Waals surface area contributed by atoms with E-state index in [-0.39, 0.29) is 6.61 Å². The van der Waals surface area contributed by atoms with Crippen LogP contribution in [0, 0.1) is 5.92 Å². The third-order valence-electron chi connectivity index (χ3n) is 3.66. The average molecular weight is 274 g/mol. The SMILES string of the molecule is CC(C)CCCCCCCCCCC(O)C(O)CO. The van der Waals surface area contributed by atoms with Gasteiger partial charge in [0.1, 0.15) is 6.10 Å². The summed E-state index contributed by atoms with van der Waals surface area (Å²) in [5.41, 5.74) is 0. The molecule has 3 heteroatoms. The fourth-order valence-corrected chi connectivity index (χ4v) is 2.28. The average Bonchev–Trinajstić information content (AvgIpc) is 2.39. The maximum absolute atomic E-state index is 9.45. The van der Waals surface area contributed by atoms with Crippen molar-refractivity contribution in [2.75, 3.05) is 6.61 Å². The molecule has 0 spiro atoms. The lowest BCUT2D eigenvalue weighted by atomic mass is 10.0. The Balaban J connectivity index is 3.15. The second-order valence-electron chi connectivity index (χ2n) is 6.12. The van der Waals surface area contributed by atoms with Crippen molar-refractivity contribution in [2.45, 2.75) is 90.3 Å². The Morgan fingerprint density at radius 2 is 1.05 bits per heavy atom. The van der Waals surface area contributed by atoms with E-state index in [2.05, 4.69) is 13.8 Å². The van der Waals surface area contributed by atoms with Gasteiger partial charge in [0.05, 0.1) is 12.7 Å². The van der Waals surface area contributed by atoms with Crippen molar-refractivity contribution >= 4 is 0 Å². The highest BCUT2D eigenvalue weighted by molar-refractivity contribution is 4.65. The molecular weight excluding hydrogens is 240 g/mol. The van der Waals surface area contributed by atoms with Crippen molar-refractivity contribution in [1.82, 2.24) is 0 Å². The summed E-state index contributed by atoms with van der Waals surface area (Å²) < 4.78 is 0. The molecular formula is C16H34O3. The molecule has 3 N–H and O–H groups in total. The normalized spacial score (nSPS) is 14.8. The number of aliphatic hydroxyl groups is 3. The first-order valence-corrected chi connectivity index (χ1v) is 8.05. The Morgan fingerprint density at radius 1 is 0.632 bits per heavy atom. The van der Waals surface area contributed by atoms with Crippen LogP contribution < -0.4 is 0 Å². The zero-order chi connectivity index (χ0) is 14.5. The maximum atomic E-state index is 9.45. The van der Waals surface area contributed by atoms with Crippen LogP contribution in [-0.2, 0) is 0 Å². The molecule has 0 saturated carbocycles. The quantitative estimate of drug-likeness (QED) is 0.452. The fraction of sp³-hybridized carbons (Fsp3) is 1.00. The van der Waals surface area contributed by atoms with Crippen LogP contribution in [0.2, 0.25) is 0 Å². The van der Waals surface area contributed by atoms with Gasteiger partial charge in [-0.1, -0.05) is 71.6 Å². The van der Waals surface area contributed by atoms with Crippen LogP contribution in [0.1, 0.15) is 78.1 Å². The number of hydrogen-bond donors (Lipinski definition) is 3. The molecule has 0 aromatic carbocycles. The minimum Gasteiger partial charge on any atom is -0.394 e. The van der Waals surface area contributed by atoms with Gasteiger partial charge in [0.15, 0.2) is 0 Å². The monoisotopic (exact) mass is 274 g/mol. The lowest BCUT2D eigenvalue weighted by Crippen LogP contribution is -2.28. The van der Waals surface area contributed by atoms with Gasteiger partial charge in [0.25, 0.3) is 0 Å². The van der Waals surface area contributed by atoms with Gasteiger partial charge in [-0.05, 0) is 12.3 Å². The molecule has 0 amide bonds. The zero-order valence-electron chi connectivity index (χ0n) is 12.9. The molecule has 0 heterocycles. The van der Waals surface area contributed by atoms with Gasteiger partial charge in [-0.25, -0.2) is 0 Å². The number of rotatable bonds is 13. The van der Waals surface area contributed by atoms with Gasteiger partial charge < -0.3 is 15.3 Å². The van der Waals surface area contributed by atoms with Gasteiger partial charge in [-0.3, -0.25) is 0 Å². The lowest BCUT2D eigenvalue weighted by Gasteiger charge is -2.14. The Labute approximate surface area is 119 Å². The van der Waals surface area contributed by atoms with E-state index < -0.39 is 12.2 Å². The predicted molar refractivity (Wildman–Crippen MR) is 80.1 cm³/mol. The molecule has 0 aliphatic carbocycles. The first kappa shape index (κ1) is 18.9. The van der Waals surface area contributed by atoms with Crippen molar-refractivity contribution in [3.05, 3.63) is 0 Å². The molecule has 0 saturated heterocycles. The van der Waals surface area contributed by atoms with Crippen molar-refractivity contribution in [3.8, 4) is 0 Å². The van der Waals surface area contributed by atoms with E-state index in [4.69, 9.17) is 5.11 Å². The molecule has 0 rings (SSSR count). The number of hydrogen-bond acceptors (Lipinski definition) is 3. The maximum Gasteiger partial charge on any atom is 0.103 e. The fourth-order valence-electron chi connectivity index (χ4n) is 2.28. The van der Waals surface area contributed by atoms with Gasteiger partial charge >= 0.3 is 0 Å². The summed E-state index contributed by atoms with van der Waals surface area (Å²) in [6.07, 6.45) is 10.1. The molecule has 3 nitrogen and oxygen atoms in total. The predicted octanol–water partition coefficient (Wildman–Crippen LogP) is 3.26. The van der Waals surface area contributed by atoms with Crippen LogP contribution in [0.4, 0.5) is 0 Å². The van der Waals surface area contributed by atoms with E-state index in [1.54, 1.807) is 0 Å². The highest BCUT2D eigenvalue weighted by Crippen LogP contribution is 2.13. The molecule has 116 valence electrons. The van der Waals surface area contributed by atoms with Crippen molar-refractivity contribution in [2.24, 2.45) is 5.92 Å². The standard InChI is InChI=1S/C16H34O3/c1-14(2)11-9-7-5-3-4-6-8-10-12-15(18)16(19)13-17/h14-19H,3-13H2,1-2H3. The Kier molecular flexibility index (Phi) is 12.8. The van der Waals surface area contributed by atoms with Crippen LogP contribution in [0.3, 0.4) is 0 Å². The molecule has 0 aliphatic rings. The van der Waals surface area contributed by atoms with Gasteiger partial charge in [-0.15, -0.1) is 0 Å². The zero-order valence-corrected chi connectivity index (χ0v) is 12.9. The summed E-state index contributed by atoms with van der Waals surface area (Å²) >= 11 is 0. The Bertz CT molecular complexity index is 183. The number of aliphatic hydroxyl groups excluding tert-OH is 3. The molecule has 19 heavy (non-hydrogen) atoms. The molecule has 0 aromatic rings. The minimum absolute atomic E-state index is 0.350. The van der Waals surface area contributed by atoms with Gasteiger partial charge in [0, 0.05) is 0 Å². The van der Waals surface area contributed by atoms with Gasteiger partial charge in [-0.2, -0.15) is 0 Å². The first-order valence-electron chi connectivity index (χ1n) is 8.05. The van der Waals surface area contributed by atoms with Crippen molar-refractivity contribution in [1.29, 1.82) is 0 Å². The van der Waals surface area contributed by atoms with E-state index in [1.807, 2.05) is 0 Å². The minimum atomic E-state index is -0.971. The summed E-state index contributed by atoms with van der Waals surface area (Å²) in [6, 6.07) is 0. The lowest BCUT2D eigenvalue weighted by molar-refractivity contribution is -0.0185. The Hall–Kier alpha value is -0.120. The summed E-state index contributed by atoms with van der Waals surface area (Å²) in [4.78, 5) is 0. The van der Waals surface area contributed by atoms with E-state index in [0.29, 0.717) is 6.42 Å². The topological polar surface area (TPSA) is 60.7 Å². The highest BCUT2D eigenvalue weighted by Gasteiger charge is 2.13. The van der Waals surface area contributed by atoms with Crippen LogP contribution >= 0.6 is 0 Å². The molecule has 2 atom stereocenters. The third-order valence-corrected chi connectivity index (χ3v) is 3.66. The summed E-state index contributed by atoms with van der Waals surface area (Å²) in [7, 11) is 0. The van der Waals surface area contributed by atoms with Crippen LogP contribution in [0.25, 0.3) is 0 Å². The second-order valence-corrected chi connectivity index (χ2v) is 6.12. The molecule has 0 aromatic heterocycles. The van der Waals surface area contributed by atoms with E-state index in [9.17, 15) is 10.2 Å². The Morgan fingerprint density at radius 3 is 1.47 bits per heavy atom. The smallest absolute Gasteiger partial charge is 0.103 e. The molecule has 0 radical (unpaired) electrons. The largest absolute Gasteiger partial charge is 0.394 e. The summed E-state index contributed by atoms with van der Waals surface area (Å²) in [5.74, 6) is 0.834. The van der Waals surface area contributed by atoms with Gasteiger partial charge in [0.2, 0.25) is 0 Å². The molecule has 2 unspecified atom stereocenters. The van der Waals surface area contributed by atoms with Crippen LogP contribution in [-0.4, -0.2) is 34.1 Å². The van der Waals surface area contributed by atoms with E-state index in [1.165, 1.54) is 44.9 Å². The van der Waals surface area contributed by atoms with E-state index in [0.717, 1.165) is 18.8 Å². The first-order chi connectivity index (χ1) is 9.07. The number of unbranched alkanes of at least 4 members (excludes halogenated alkanes) is 7. The highest BCUT2D eigenvalue weighted by atomic mass is 16.4.